The van der Waals surface area contributed by atoms with E-state index in [1.807, 2.05) is 44.2 Å². The molecule has 1 unspecified atom stereocenters. The number of ether oxygens (including phenoxy) is 4. The first-order valence-electron chi connectivity index (χ1n) is 14.3. The predicted octanol–water partition coefficient (Wildman–Crippen LogP) is 2.76. The van der Waals surface area contributed by atoms with Gasteiger partial charge in [0.05, 0.1) is 48.3 Å². The van der Waals surface area contributed by atoms with Crippen LogP contribution in [0.15, 0.2) is 53.4 Å². The molecule has 3 aliphatic heterocycles. The summed E-state index contributed by atoms with van der Waals surface area (Å²) in [6.45, 7) is 4.60. The third kappa shape index (κ3) is 6.95. The highest BCUT2D eigenvalue weighted by Crippen LogP contribution is 2.33. The summed E-state index contributed by atoms with van der Waals surface area (Å²) in [5.41, 5.74) is 1.08. The van der Waals surface area contributed by atoms with Crippen LogP contribution in [0.5, 0.6) is 5.75 Å². The summed E-state index contributed by atoms with van der Waals surface area (Å²) >= 11 is 0. The van der Waals surface area contributed by atoms with E-state index in [0.29, 0.717) is 12.4 Å². The zero-order valence-corrected chi connectivity index (χ0v) is 24.6. The Balaban J connectivity index is 1.35. The van der Waals surface area contributed by atoms with E-state index >= 15 is 0 Å². The van der Waals surface area contributed by atoms with Gasteiger partial charge in [0.2, 0.25) is 10.0 Å². The second-order valence-electron chi connectivity index (χ2n) is 11.4. The lowest BCUT2D eigenvalue weighted by molar-refractivity contribution is -0.0907. The molecule has 0 bridgehead atoms. The van der Waals surface area contributed by atoms with Crippen LogP contribution in [-0.2, 0) is 30.7 Å². The third-order valence-corrected chi connectivity index (χ3v) is 9.57. The fraction of sp³-hybridized carbons (Fsp3) is 0.533. The van der Waals surface area contributed by atoms with Crippen molar-refractivity contribution >= 4 is 21.9 Å². The summed E-state index contributed by atoms with van der Waals surface area (Å²) in [7, 11) is -4.12. The average molecular weight is 603 g/mol. The fourth-order valence-electron chi connectivity index (χ4n) is 5.59. The number of nitrogens with zero attached hydrogens (tertiary/aromatic N) is 1. The van der Waals surface area contributed by atoms with Crippen LogP contribution in [0.2, 0.25) is 0 Å². The standard InChI is InChI=1S/C30H38N2O9S/c1-19(2)16-32(42(36,37)21-8-9-27-23(15-21)25(33)11-13-38-27)17-26(34)24(14-20-6-4-3-5-7-20)31-30(35)41-28-18-40-29-22(28)10-12-39-29/h3-9,15,19,22,24,26,28-29,34H,10-14,16-18H2,1-2H3,(H,31,35)/t22-,24-,26+,28?,29+/m0/s1. The summed E-state index contributed by atoms with van der Waals surface area (Å²) in [5, 5.41) is 14.2. The molecule has 42 heavy (non-hydrogen) atoms. The summed E-state index contributed by atoms with van der Waals surface area (Å²) in [6.07, 6.45) is -1.71. The van der Waals surface area contributed by atoms with Crippen LogP contribution in [0.4, 0.5) is 4.79 Å². The van der Waals surface area contributed by atoms with E-state index in [2.05, 4.69) is 5.32 Å². The number of carbonyl (C=O) groups excluding carboxylic acids is 2. The van der Waals surface area contributed by atoms with Crippen molar-refractivity contribution in [2.24, 2.45) is 11.8 Å². The molecule has 2 fully saturated rings. The highest BCUT2D eigenvalue weighted by Gasteiger charge is 2.44. The number of alkyl carbamates (subject to hydrolysis) is 1. The van der Waals surface area contributed by atoms with Crippen molar-refractivity contribution in [2.45, 2.75) is 62.5 Å². The van der Waals surface area contributed by atoms with Gasteiger partial charge in [0.1, 0.15) is 11.9 Å². The molecule has 0 aromatic heterocycles. The fourth-order valence-corrected chi connectivity index (χ4v) is 7.23. The lowest BCUT2D eigenvalue weighted by atomic mass is 10.0. The van der Waals surface area contributed by atoms with Gasteiger partial charge in [-0.25, -0.2) is 13.2 Å². The second kappa shape index (κ2) is 13.1. The van der Waals surface area contributed by atoms with Crippen LogP contribution < -0.4 is 10.1 Å². The van der Waals surface area contributed by atoms with Crippen LogP contribution in [0.1, 0.15) is 42.6 Å². The van der Waals surface area contributed by atoms with Gasteiger partial charge in [-0.1, -0.05) is 44.2 Å². The number of amides is 1. The first kappa shape index (κ1) is 30.4. The number of aliphatic hydroxyl groups excluding tert-OH is 1. The number of nitrogens with one attached hydrogen (secondary N) is 1. The molecule has 2 N–H and O–H groups in total. The van der Waals surface area contributed by atoms with Crippen molar-refractivity contribution in [1.82, 2.24) is 9.62 Å². The van der Waals surface area contributed by atoms with Crippen LogP contribution >= 0.6 is 0 Å². The SMILES string of the molecule is CC(C)CN(C[C@@H](O)[C@H](Cc1ccccc1)NC(=O)OC1CO[C@H]2OCC[C@@H]12)S(=O)(=O)c1ccc2c(c1)C(=O)CCO2. The van der Waals surface area contributed by atoms with Gasteiger partial charge in [-0.2, -0.15) is 4.31 Å². The average Bonchev–Trinajstić information content (AvgIpc) is 3.58. The van der Waals surface area contributed by atoms with Crippen molar-refractivity contribution < 1.29 is 42.1 Å². The molecule has 0 spiro atoms. The molecule has 2 aromatic rings. The number of hydrogen-bond donors (Lipinski definition) is 2. The molecular weight excluding hydrogens is 564 g/mol. The molecule has 3 heterocycles. The van der Waals surface area contributed by atoms with Crippen molar-refractivity contribution in [3.63, 3.8) is 0 Å². The first-order chi connectivity index (χ1) is 20.1. The van der Waals surface area contributed by atoms with E-state index in [1.54, 1.807) is 0 Å². The maximum absolute atomic E-state index is 13.9. The Kier molecular flexibility index (Phi) is 9.48. The largest absolute Gasteiger partial charge is 0.492 e. The topological polar surface area (TPSA) is 141 Å². The van der Waals surface area contributed by atoms with Gasteiger partial charge in [0.25, 0.3) is 0 Å². The highest BCUT2D eigenvalue weighted by molar-refractivity contribution is 7.89. The van der Waals surface area contributed by atoms with E-state index in [1.165, 1.54) is 22.5 Å². The molecule has 0 aliphatic carbocycles. The third-order valence-electron chi connectivity index (χ3n) is 7.75. The molecule has 1 amide bonds. The van der Waals surface area contributed by atoms with Crippen LogP contribution in [0, 0.1) is 11.8 Å². The van der Waals surface area contributed by atoms with Crippen LogP contribution in [0.3, 0.4) is 0 Å². The molecule has 12 heteroatoms. The van der Waals surface area contributed by atoms with Crippen molar-refractivity contribution in [3.8, 4) is 5.75 Å². The van der Waals surface area contributed by atoms with Gasteiger partial charge in [-0.3, -0.25) is 4.79 Å². The van der Waals surface area contributed by atoms with Gasteiger partial charge in [-0.05, 0) is 42.5 Å². The number of fused-ring (bicyclic) bond motifs is 2. The number of aliphatic hydroxyl groups is 1. The minimum atomic E-state index is -4.12. The highest BCUT2D eigenvalue weighted by atomic mass is 32.2. The van der Waals surface area contributed by atoms with Crippen molar-refractivity contribution in [1.29, 1.82) is 0 Å². The minimum absolute atomic E-state index is 0.0474. The molecule has 0 radical (unpaired) electrons. The van der Waals surface area contributed by atoms with Gasteiger partial charge < -0.3 is 29.4 Å². The van der Waals surface area contributed by atoms with Crippen molar-refractivity contribution in [3.05, 3.63) is 59.7 Å². The van der Waals surface area contributed by atoms with Crippen LogP contribution in [0.25, 0.3) is 0 Å². The lowest BCUT2D eigenvalue weighted by Gasteiger charge is -2.31. The number of ketones is 1. The normalized spacial score (nSPS) is 23.3. The molecular formula is C30H38N2O9S. The molecule has 0 saturated carbocycles. The molecule has 228 valence electrons. The number of Topliss-reactive ketones (excluding diaryl/α,β-unsaturated/α-hetero) is 1. The molecule has 2 saturated heterocycles. The Labute approximate surface area is 246 Å². The molecule has 11 nitrogen and oxygen atoms in total. The maximum atomic E-state index is 13.9. The Morgan fingerprint density at radius 3 is 2.67 bits per heavy atom. The Bertz CT molecular complexity index is 1370. The zero-order valence-electron chi connectivity index (χ0n) is 23.8. The molecule has 2 aromatic carbocycles. The summed E-state index contributed by atoms with van der Waals surface area (Å²) in [4.78, 5) is 25.4. The number of benzene rings is 2. The number of carbonyl (C=O) groups is 2. The van der Waals surface area contributed by atoms with E-state index < -0.39 is 34.4 Å². The number of hydrogen-bond acceptors (Lipinski definition) is 9. The van der Waals surface area contributed by atoms with Gasteiger partial charge in [-0.15, -0.1) is 0 Å². The van der Waals surface area contributed by atoms with Gasteiger partial charge in [0, 0.05) is 19.5 Å². The summed E-state index contributed by atoms with van der Waals surface area (Å²) in [5.74, 6) is 0.0600. The Hall–Kier alpha value is -3.03. The minimum Gasteiger partial charge on any atom is -0.492 e. The maximum Gasteiger partial charge on any atom is 0.407 e. The summed E-state index contributed by atoms with van der Waals surface area (Å²) < 4.78 is 51.2. The van der Waals surface area contributed by atoms with E-state index in [0.717, 1.165) is 12.0 Å². The first-order valence-corrected chi connectivity index (χ1v) is 15.8. The van der Waals surface area contributed by atoms with E-state index in [9.17, 15) is 23.1 Å². The smallest absolute Gasteiger partial charge is 0.407 e. The second-order valence-corrected chi connectivity index (χ2v) is 13.3. The molecule has 5 rings (SSSR count). The Morgan fingerprint density at radius 1 is 1.12 bits per heavy atom. The molecule has 5 atom stereocenters. The zero-order chi connectivity index (χ0) is 29.9. The van der Waals surface area contributed by atoms with Gasteiger partial charge in [0.15, 0.2) is 12.1 Å². The van der Waals surface area contributed by atoms with Crippen molar-refractivity contribution in [2.75, 3.05) is 32.9 Å². The van der Waals surface area contributed by atoms with Crippen LogP contribution in [-0.4, -0.2) is 87.2 Å². The Morgan fingerprint density at radius 2 is 1.90 bits per heavy atom. The predicted molar refractivity (Wildman–Crippen MR) is 152 cm³/mol. The van der Waals surface area contributed by atoms with E-state index in [-0.39, 0.29) is 73.5 Å². The number of rotatable bonds is 11. The molecule has 3 aliphatic rings. The summed E-state index contributed by atoms with van der Waals surface area (Å²) in [6, 6.07) is 12.7. The monoisotopic (exact) mass is 602 g/mol. The number of sulfonamides is 1. The lowest BCUT2D eigenvalue weighted by Crippen LogP contribution is -2.51. The van der Waals surface area contributed by atoms with E-state index in [4.69, 9.17) is 18.9 Å². The quantitative estimate of drug-likeness (QED) is 0.397. The van der Waals surface area contributed by atoms with Gasteiger partial charge >= 0.3 is 6.09 Å².